The molecule has 1 aromatic carbocycles. The summed E-state index contributed by atoms with van der Waals surface area (Å²) < 4.78 is 18.4. The first-order valence-corrected chi connectivity index (χ1v) is 5.98. The molecular formula is C13H19ClFNO. The maximum Gasteiger partial charge on any atom is 0.125 e. The Morgan fingerprint density at radius 2 is 2.12 bits per heavy atom. The highest BCUT2D eigenvalue weighted by Crippen LogP contribution is 2.25. The zero-order chi connectivity index (χ0) is 13.1. The number of ether oxygens (including phenoxy) is 1. The third kappa shape index (κ3) is 4.52. The number of anilines is 1. The van der Waals surface area contributed by atoms with E-state index in [4.69, 9.17) is 16.3 Å². The summed E-state index contributed by atoms with van der Waals surface area (Å²) in [4.78, 5) is 0. The summed E-state index contributed by atoms with van der Waals surface area (Å²) in [5.41, 5.74) is 0.401. The van der Waals surface area contributed by atoms with Gasteiger partial charge in [-0.05, 0) is 45.4 Å². The highest BCUT2D eigenvalue weighted by Gasteiger charge is 2.20. The molecule has 4 heteroatoms. The minimum Gasteiger partial charge on any atom is -0.381 e. The molecule has 0 radical (unpaired) electrons. The molecule has 0 spiro atoms. The van der Waals surface area contributed by atoms with Crippen LogP contribution in [0.2, 0.25) is 5.02 Å². The number of rotatable bonds is 5. The fraction of sp³-hybridized carbons (Fsp3) is 0.538. The average Bonchev–Trinajstić information content (AvgIpc) is 2.23. The Morgan fingerprint density at radius 3 is 2.71 bits per heavy atom. The lowest BCUT2D eigenvalue weighted by Gasteiger charge is -2.27. The molecule has 0 aromatic heterocycles. The number of hydrogen-bond acceptors (Lipinski definition) is 2. The summed E-state index contributed by atoms with van der Waals surface area (Å²) in [6, 6.07) is 4.44. The Kier molecular flexibility index (Phi) is 4.78. The molecule has 0 aliphatic rings. The molecule has 0 saturated heterocycles. The predicted octanol–water partition coefficient (Wildman–Crippen LogP) is 4.09. The van der Waals surface area contributed by atoms with E-state index >= 15 is 0 Å². The van der Waals surface area contributed by atoms with Crippen LogP contribution in [0.25, 0.3) is 0 Å². The van der Waals surface area contributed by atoms with Crippen LogP contribution in [0.4, 0.5) is 10.1 Å². The van der Waals surface area contributed by atoms with Crippen LogP contribution in [0.15, 0.2) is 18.2 Å². The molecule has 0 heterocycles. The van der Waals surface area contributed by atoms with E-state index in [0.717, 1.165) is 6.42 Å². The number of hydrogen-bond donors (Lipinski definition) is 1. The Balaban J connectivity index is 2.68. The lowest BCUT2D eigenvalue weighted by atomic mass is 10.00. The lowest BCUT2D eigenvalue weighted by molar-refractivity contribution is 0.0128. The van der Waals surface area contributed by atoms with Gasteiger partial charge in [0.05, 0.1) is 16.3 Å². The van der Waals surface area contributed by atoms with Crippen molar-refractivity contribution in [2.45, 2.75) is 38.8 Å². The topological polar surface area (TPSA) is 21.3 Å². The van der Waals surface area contributed by atoms with Crippen LogP contribution < -0.4 is 5.32 Å². The Labute approximate surface area is 107 Å². The molecule has 0 bridgehead atoms. The van der Waals surface area contributed by atoms with Gasteiger partial charge in [0.15, 0.2) is 0 Å². The molecule has 0 fully saturated rings. The zero-order valence-electron chi connectivity index (χ0n) is 10.7. The monoisotopic (exact) mass is 259 g/mol. The third-order valence-electron chi connectivity index (χ3n) is 2.68. The summed E-state index contributed by atoms with van der Waals surface area (Å²) in [7, 11) is 1.68. The number of halogens is 2. The van der Waals surface area contributed by atoms with Gasteiger partial charge in [0.1, 0.15) is 5.82 Å². The molecule has 1 unspecified atom stereocenters. The molecule has 96 valence electrons. The van der Waals surface area contributed by atoms with Gasteiger partial charge in [-0.1, -0.05) is 11.6 Å². The van der Waals surface area contributed by atoms with E-state index in [0.29, 0.717) is 10.7 Å². The number of benzene rings is 1. The van der Waals surface area contributed by atoms with E-state index in [9.17, 15) is 4.39 Å². The maximum absolute atomic E-state index is 13.1. The molecule has 1 aromatic rings. The van der Waals surface area contributed by atoms with Crippen molar-refractivity contribution in [1.82, 2.24) is 0 Å². The second-order valence-electron chi connectivity index (χ2n) is 4.84. The van der Waals surface area contributed by atoms with Crippen LogP contribution in [-0.2, 0) is 4.74 Å². The van der Waals surface area contributed by atoms with Gasteiger partial charge in [-0.2, -0.15) is 0 Å². The summed E-state index contributed by atoms with van der Waals surface area (Å²) >= 11 is 5.98. The van der Waals surface area contributed by atoms with E-state index < -0.39 is 0 Å². The van der Waals surface area contributed by atoms with Crippen molar-refractivity contribution in [1.29, 1.82) is 0 Å². The molecule has 2 nitrogen and oxygen atoms in total. The van der Waals surface area contributed by atoms with Crippen molar-refractivity contribution in [2.24, 2.45) is 0 Å². The van der Waals surface area contributed by atoms with E-state index in [-0.39, 0.29) is 17.5 Å². The standard InChI is InChI=1S/C13H19ClFNO/c1-9(8-13(2,3)17-4)16-12-7-10(15)5-6-11(12)14/h5-7,9,16H,8H2,1-4H3. The van der Waals surface area contributed by atoms with Crippen LogP contribution in [-0.4, -0.2) is 18.8 Å². The van der Waals surface area contributed by atoms with Gasteiger partial charge in [-0.25, -0.2) is 4.39 Å². The maximum atomic E-state index is 13.1. The smallest absolute Gasteiger partial charge is 0.125 e. The molecular weight excluding hydrogens is 241 g/mol. The van der Waals surface area contributed by atoms with Crippen molar-refractivity contribution >= 4 is 17.3 Å². The van der Waals surface area contributed by atoms with Gasteiger partial charge in [-0.3, -0.25) is 0 Å². The Morgan fingerprint density at radius 1 is 1.47 bits per heavy atom. The van der Waals surface area contributed by atoms with Crippen molar-refractivity contribution in [3.05, 3.63) is 29.0 Å². The van der Waals surface area contributed by atoms with Crippen molar-refractivity contribution < 1.29 is 9.13 Å². The summed E-state index contributed by atoms with van der Waals surface area (Å²) in [5, 5.41) is 3.71. The van der Waals surface area contributed by atoms with E-state index in [1.165, 1.54) is 12.1 Å². The molecule has 0 amide bonds. The quantitative estimate of drug-likeness (QED) is 0.860. The SMILES string of the molecule is COC(C)(C)CC(C)Nc1cc(F)ccc1Cl. The molecule has 1 atom stereocenters. The first-order chi connectivity index (χ1) is 7.84. The molecule has 0 aliphatic carbocycles. The summed E-state index contributed by atoms with van der Waals surface area (Å²) in [6.07, 6.45) is 0.802. The summed E-state index contributed by atoms with van der Waals surface area (Å²) in [5.74, 6) is -0.296. The van der Waals surface area contributed by atoms with Crippen LogP contribution in [0.5, 0.6) is 0 Å². The first kappa shape index (κ1) is 14.3. The van der Waals surface area contributed by atoms with Gasteiger partial charge in [0.2, 0.25) is 0 Å². The van der Waals surface area contributed by atoms with Crippen molar-refractivity contribution in [2.75, 3.05) is 12.4 Å². The molecule has 17 heavy (non-hydrogen) atoms. The van der Waals surface area contributed by atoms with Gasteiger partial charge in [0.25, 0.3) is 0 Å². The van der Waals surface area contributed by atoms with Gasteiger partial charge in [-0.15, -0.1) is 0 Å². The van der Waals surface area contributed by atoms with Gasteiger partial charge < -0.3 is 10.1 Å². The molecule has 0 aliphatic heterocycles. The second kappa shape index (κ2) is 5.69. The predicted molar refractivity (Wildman–Crippen MR) is 70.2 cm³/mol. The zero-order valence-corrected chi connectivity index (χ0v) is 11.4. The van der Waals surface area contributed by atoms with Crippen LogP contribution in [0, 0.1) is 5.82 Å². The van der Waals surface area contributed by atoms with Crippen LogP contribution in [0.1, 0.15) is 27.2 Å². The van der Waals surface area contributed by atoms with E-state index in [1.54, 1.807) is 13.2 Å². The number of methoxy groups -OCH3 is 1. The normalized spacial score (nSPS) is 13.5. The van der Waals surface area contributed by atoms with E-state index in [1.807, 2.05) is 20.8 Å². The number of nitrogens with one attached hydrogen (secondary N) is 1. The largest absolute Gasteiger partial charge is 0.381 e. The Hall–Kier alpha value is -0.800. The van der Waals surface area contributed by atoms with Crippen molar-refractivity contribution in [3.63, 3.8) is 0 Å². The van der Waals surface area contributed by atoms with Crippen LogP contribution >= 0.6 is 11.6 Å². The Bertz CT molecular complexity index is 382. The van der Waals surface area contributed by atoms with Crippen molar-refractivity contribution in [3.8, 4) is 0 Å². The van der Waals surface area contributed by atoms with Crippen LogP contribution in [0.3, 0.4) is 0 Å². The fourth-order valence-corrected chi connectivity index (χ4v) is 1.92. The second-order valence-corrected chi connectivity index (χ2v) is 5.24. The average molecular weight is 260 g/mol. The molecule has 0 saturated carbocycles. The molecule has 1 rings (SSSR count). The van der Waals surface area contributed by atoms with Gasteiger partial charge >= 0.3 is 0 Å². The molecule has 1 N–H and O–H groups in total. The van der Waals surface area contributed by atoms with Gasteiger partial charge in [0, 0.05) is 13.2 Å². The lowest BCUT2D eigenvalue weighted by Crippen LogP contribution is -2.31. The van der Waals surface area contributed by atoms with E-state index in [2.05, 4.69) is 5.32 Å². The minimum absolute atomic E-state index is 0.143. The minimum atomic E-state index is -0.296. The highest BCUT2D eigenvalue weighted by molar-refractivity contribution is 6.33. The first-order valence-electron chi connectivity index (χ1n) is 5.61. The fourth-order valence-electron chi connectivity index (χ4n) is 1.75. The summed E-state index contributed by atoms with van der Waals surface area (Å²) in [6.45, 7) is 6.04. The third-order valence-corrected chi connectivity index (χ3v) is 3.01. The highest BCUT2D eigenvalue weighted by atomic mass is 35.5.